The van der Waals surface area contributed by atoms with E-state index in [9.17, 15) is 4.79 Å². The van der Waals surface area contributed by atoms with Gasteiger partial charge in [-0.15, -0.1) is 0 Å². The number of hydrogen-bond acceptors (Lipinski definition) is 4. The van der Waals surface area contributed by atoms with Gasteiger partial charge in [-0.2, -0.15) is 0 Å². The van der Waals surface area contributed by atoms with Crippen molar-refractivity contribution in [2.45, 2.75) is 19.8 Å². The average Bonchev–Trinajstić information content (AvgIpc) is 3.15. The van der Waals surface area contributed by atoms with Gasteiger partial charge < -0.3 is 19.7 Å². The number of nitrogens with one attached hydrogen (secondary N) is 1. The third-order valence-electron chi connectivity index (χ3n) is 4.62. The Morgan fingerprint density at radius 2 is 1.73 bits per heavy atom. The van der Waals surface area contributed by atoms with Gasteiger partial charge in [0.25, 0.3) is 5.91 Å². The van der Waals surface area contributed by atoms with Gasteiger partial charge in [0.2, 0.25) is 0 Å². The lowest BCUT2D eigenvalue weighted by atomic mass is 10.1. The number of nitrogens with zero attached hydrogens (tertiary/aromatic N) is 1. The molecule has 2 aromatic carbocycles. The van der Waals surface area contributed by atoms with Gasteiger partial charge in [-0.25, -0.2) is 0 Å². The van der Waals surface area contributed by atoms with Gasteiger partial charge in [-0.1, -0.05) is 0 Å². The second-order valence-electron chi connectivity index (χ2n) is 6.34. The molecule has 5 nitrogen and oxygen atoms in total. The molecule has 1 saturated heterocycles. The Kier molecular flexibility index (Phi) is 5.90. The molecule has 1 aliphatic heterocycles. The minimum absolute atomic E-state index is 0.163. The second kappa shape index (κ2) is 8.16. The number of hydrogen-bond donors (Lipinski definition) is 1. The van der Waals surface area contributed by atoms with E-state index in [1.54, 1.807) is 26.4 Å². The summed E-state index contributed by atoms with van der Waals surface area (Å²) in [5, 5.41) is 2.99. The smallest absolute Gasteiger partial charge is 0.256 e. The van der Waals surface area contributed by atoms with E-state index >= 15 is 0 Å². The van der Waals surface area contributed by atoms with Crippen LogP contribution in [0.15, 0.2) is 30.3 Å². The Balaban J connectivity index is 1.80. The largest absolute Gasteiger partial charge is 0.493 e. The molecule has 3 rings (SSSR count). The van der Waals surface area contributed by atoms with Crippen molar-refractivity contribution in [2.75, 3.05) is 37.5 Å². The summed E-state index contributed by atoms with van der Waals surface area (Å²) in [6, 6.07) is 9.60. The molecule has 26 heavy (non-hydrogen) atoms. The first kappa shape index (κ1) is 18.8. The molecule has 0 spiro atoms. The molecule has 0 saturated carbocycles. The maximum absolute atomic E-state index is 12.7. The number of benzene rings is 2. The topological polar surface area (TPSA) is 50.8 Å². The summed E-state index contributed by atoms with van der Waals surface area (Å²) >= 11 is 2.13. The van der Waals surface area contributed by atoms with Crippen molar-refractivity contribution < 1.29 is 14.3 Å². The highest BCUT2D eigenvalue weighted by Crippen LogP contribution is 2.32. The van der Waals surface area contributed by atoms with Crippen molar-refractivity contribution in [3.63, 3.8) is 0 Å². The first-order chi connectivity index (χ1) is 12.5. The van der Waals surface area contributed by atoms with Crippen LogP contribution in [0.4, 0.5) is 11.4 Å². The molecular weight excluding hydrogens is 443 g/mol. The van der Waals surface area contributed by atoms with Crippen molar-refractivity contribution in [3.05, 3.63) is 45.0 Å². The van der Waals surface area contributed by atoms with Crippen molar-refractivity contribution in [1.29, 1.82) is 0 Å². The Labute approximate surface area is 167 Å². The van der Waals surface area contributed by atoms with Crippen LogP contribution in [0.1, 0.15) is 28.8 Å². The molecule has 0 aliphatic carbocycles. The van der Waals surface area contributed by atoms with Gasteiger partial charge >= 0.3 is 0 Å². The first-order valence-corrected chi connectivity index (χ1v) is 9.70. The molecule has 0 bridgehead atoms. The van der Waals surface area contributed by atoms with E-state index in [0.717, 1.165) is 22.3 Å². The van der Waals surface area contributed by atoms with Crippen LogP contribution in [-0.4, -0.2) is 33.2 Å². The normalized spacial score (nSPS) is 13.6. The number of aryl methyl sites for hydroxylation is 1. The fraction of sp³-hybridized carbons (Fsp3) is 0.350. The van der Waals surface area contributed by atoms with Gasteiger partial charge in [0.1, 0.15) is 0 Å². The molecule has 0 radical (unpaired) electrons. The van der Waals surface area contributed by atoms with Crippen LogP contribution in [0, 0.1) is 10.5 Å². The third-order valence-corrected chi connectivity index (χ3v) is 5.51. The van der Waals surface area contributed by atoms with Crippen molar-refractivity contribution in [3.8, 4) is 11.5 Å². The zero-order chi connectivity index (χ0) is 18.7. The van der Waals surface area contributed by atoms with E-state index in [4.69, 9.17) is 9.47 Å². The number of ether oxygens (including phenoxy) is 2. The number of rotatable bonds is 5. The number of methoxy groups -OCH3 is 2. The third kappa shape index (κ3) is 3.90. The van der Waals surface area contributed by atoms with E-state index in [1.807, 2.05) is 12.1 Å². The molecule has 1 amide bonds. The highest BCUT2D eigenvalue weighted by atomic mass is 127. The van der Waals surface area contributed by atoms with Crippen LogP contribution in [0.3, 0.4) is 0 Å². The monoisotopic (exact) mass is 466 g/mol. The highest BCUT2D eigenvalue weighted by molar-refractivity contribution is 14.1. The standard InChI is InChI=1S/C20H23IN2O3/c1-13-10-14(6-7-17(13)23-8-4-5-9-23)22-20(24)15-11-18(25-2)19(26-3)12-16(15)21/h6-7,10-12H,4-5,8-9H2,1-3H3,(H,22,24). The minimum atomic E-state index is -0.163. The Hall–Kier alpha value is -1.96. The molecule has 6 heteroatoms. The average molecular weight is 466 g/mol. The van der Waals surface area contributed by atoms with Crippen molar-refractivity contribution in [2.24, 2.45) is 0 Å². The van der Waals surface area contributed by atoms with Crippen LogP contribution >= 0.6 is 22.6 Å². The summed E-state index contributed by atoms with van der Waals surface area (Å²) in [4.78, 5) is 15.1. The highest BCUT2D eigenvalue weighted by Gasteiger charge is 2.17. The Morgan fingerprint density at radius 3 is 2.35 bits per heavy atom. The van der Waals surface area contributed by atoms with Crippen LogP contribution in [0.2, 0.25) is 0 Å². The van der Waals surface area contributed by atoms with Crippen molar-refractivity contribution in [1.82, 2.24) is 0 Å². The summed E-state index contributed by atoms with van der Waals surface area (Å²) in [5.74, 6) is 0.988. The van der Waals surface area contributed by atoms with Gasteiger partial charge in [0.15, 0.2) is 11.5 Å². The fourth-order valence-electron chi connectivity index (χ4n) is 3.27. The molecule has 0 aromatic heterocycles. The number of carbonyl (C=O) groups excluding carboxylic acids is 1. The predicted molar refractivity (Wildman–Crippen MR) is 113 cm³/mol. The summed E-state index contributed by atoms with van der Waals surface area (Å²) in [6.45, 7) is 4.30. The summed E-state index contributed by atoms with van der Waals surface area (Å²) in [5.41, 5.74) is 3.78. The number of carbonyl (C=O) groups is 1. The molecule has 1 aliphatic rings. The SMILES string of the molecule is COc1cc(I)c(C(=O)Nc2ccc(N3CCCC3)c(C)c2)cc1OC. The molecule has 0 unspecified atom stereocenters. The zero-order valence-electron chi connectivity index (χ0n) is 15.3. The Morgan fingerprint density at radius 1 is 1.08 bits per heavy atom. The summed E-state index contributed by atoms with van der Waals surface area (Å²) in [7, 11) is 3.14. The molecule has 0 atom stereocenters. The first-order valence-electron chi connectivity index (χ1n) is 8.62. The lowest BCUT2D eigenvalue weighted by Gasteiger charge is -2.21. The number of anilines is 2. The Bertz CT molecular complexity index is 817. The zero-order valence-corrected chi connectivity index (χ0v) is 17.4. The molecule has 138 valence electrons. The van der Waals surface area contributed by atoms with E-state index in [0.29, 0.717) is 17.1 Å². The van der Waals surface area contributed by atoms with Crippen molar-refractivity contribution >= 4 is 39.9 Å². The van der Waals surface area contributed by atoms with Gasteiger partial charge in [-0.3, -0.25) is 4.79 Å². The second-order valence-corrected chi connectivity index (χ2v) is 7.50. The molecule has 1 N–H and O–H groups in total. The molecular formula is C20H23IN2O3. The van der Waals surface area contributed by atoms with Crippen LogP contribution < -0.4 is 19.7 Å². The molecule has 1 fully saturated rings. The number of halogens is 1. The van der Waals surface area contributed by atoms with Crippen LogP contribution in [0.25, 0.3) is 0 Å². The summed E-state index contributed by atoms with van der Waals surface area (Å²) < 4.78 is 11.4. The maximum Gasteiger partial charge on any atom is 0.256 e. The quantitative estimate of drug-likeness (QED) is 0.661. The van der Waals surface area contributed by atoms with Gasteiger partial charge in [-0.05, 0) is 78.3 Å². The lowest BCUT2D eigenvalue weighted by Crippen LogP contribution is -2.19. The predicted octanol–water partition coefficient (Wildman–Crippen LogP) is 4.47. The number of amides is 1. The van der Waals surface area contributed by atoms with E-state index in [-0.39, 0.29) is 5.91 Å². The minimum Gasteiger partial charge on any atom is -0.493 e. The van der Waals surface area contributed by atoms with E-state index in [2.05, 4.69) is 45.8 Å². The fourth-order valence-corrected chi connectivity index (χ4v) is 3.96. The van der Waals surface area contributed by atoms with Gasteiger partial charge in [0.05, 0.1) is 19.8 Å². The lowest BCUT2D eigenvalue weighted by molar-refractivity contribution is 0.102. The van der Waals surface area contributed by atoms with Crippen LogP contribution in [-0.2, 0) is 0 Å². The van der Waals surface area contributed by atoms with Crippen LogP contribution in [0.5, 0.6) is 11.5 Å². The molecule has 2 aromatic rings. The van der Waals surface area contributed by atoms with E-state index in [1.165, 1.54) is 24.1 Å². The maximum atomic E-state index is 12.7. The van der Waals surface area contributed by atoms with Gasteiger partial charge in [0, 0.05) is 28.0 Å². The summed E-state index contributed by atoms with van der Waals surface area (Å²) in [6.07, 6.45) is 2.49. The molecule has 1 heterocycles. The van der Waals surface area contributed by atoms with E-state index < -0.39 is 0 Å².